The van der Waals surface area contributed by atoms with E-state index in [1.165, 1.54) is 17.9 Å². The van der Waals surface area contributed by atoms with Crippen molar-refractivity contribution in [3.63, 3.8) is 0 Å². The zero-order chi connectivity index (χ0) is 15.5. The summed E-state index contributed by atoms with van der Waals surface area (Å²) in [5.41, 5.74) is 0.458. The fourth-order valence-corrected chi connectivity index (χ4v) is 2.57. The summed E-state index contributed by atoms with van der Waals surface area (Å²) in [4.78, 5) is 26.5. The highest BCUT2D eigenvalue weighted by atomic mass is 16.5. The molecule has 0 unspecified atom stereocenters. The molecule has 1 amide bonds. The SMILES string of the molecule is COc1cc(=O)n(-c2ccccc2)nc1C(=O)N1CCCC1. The van der Waals surface area contributed by atoms with Crippen LogP contribution >= 0.6 is 0 Å². The highest BCUT2D eigenvalue weighted by Gasteiger charge is 2.25. The Morgan fingerprint density at radius 2 is 1.86 bits per heavy atom. The number of hydrogen-bond acceptors (Lipinski definition) is 4. The summed E-state index contributed by atoms with van der Waals surface area (Å²) in [7, 11) is 1.43. The fourth-order valence-electron chi connectivity index (χ4n) is 2.57. The van der Waals surface area contributed by atoms with Crippen molar-refractivity contribution < 1.29 is 9.53 Å². The summed E-state index contributed by atoms with van der Waals surface area (Å²) in [6, 6.07) is 10.3. The Labute approximate surface area is 127 Å². The van der Waals surface area contributed by atoms with Crippen molar-refractivity contribution in [3.05, 3.63) is 52.4 Å². The number of nitrogens with zero attached hydrogens (tertiary/aromatic N) is 3. The molecule has 1 fully saturated rings. The van der Waals surface area contributed by atoms with Gasteiger partial charge in [-0.15, -0.1) is 0 Å². The van der Waals surface area contributed by atoms with Gasteiger partial charge in [0.15, 0.2) is 11.4 Å². The molecule has 0 radical (unpaired) electrons. The van der Waals surface area contributed by atoms with E-state index in [9.17, 15) is 9.59 Å². The lowest BCUT2D eigenvalue weighted by Crippen LogP contribution is -2.32. The minimum absolute atomic E-state index is 0.174. The molecule has 0 atom stereocenters. The number of ether oxygens (including phenoxy) is 1. The molecule has 2 aromatic rings. The van der Waals surface area contributed by atoms with Crippen molar-refractivity contribution in [1.82, 2.24) is 14.7 Å². The monoisotopic (exact) mass is 299 g/mol. The van der Waals surface area contributed by atoms with Gasteiger partial charge in [0.25, 0.3) is 11.5 Å². The van der Waals surface area contributed by atoms with Crippen molar-refractivity contribution in [2.75, 3.05) is 20.2 Å². The summed E-state index contributed by atoms with van der Waals surface area (Å²) >= 11 is 0. The van der Waals surface area contributed by atoms with E-state index in [4.69, 9.17) is 4.74 Å². The Morgan fingerprint density at radius 3 is 2.50 bits per heavy atom. The van der Waals surface area contributed by atoms with Crippen LogP contribution in [-0.2, 0) is 0 Å². The van der Waals surface area contributed by atoms with Gasteiger partial charge in [-0.2, -0.15) is 9.78 Å². The van der Waals surface area contributed by atoms with Gasteiger partial charge in [-0.3, -0.25) is 9.59 Å². The zero-order valence-corrected chi connectivity index (χ0v) is 12.4. The third-order valence-electron chi connectivity index (χ3n) is 3.71. The number of para-hydroxylation sites is 1. The number of likely N-dealkylation sites (tertiary alicyclic amines) is 1. The molecule has 1 aliphatic heterocycles. The highest BCUT2D eigenvalue weighted by molar-refractivity contribution is 5.95. The standard InChI is InChI=1S/C16H17N3O3/c1-22-13-11-14(20)19(12-7-3-2-4-8-12)17-15(13)16(21)18-9-5-6-10-18/h2-4,7-8,11H,5-6,9-10H2,1H3. The van der Waals surface area contributed by atoms with E-state index in [1.54, 1.807) is 17.0 Å². The van der Waals surface area contributed by atoms with Gasteiger partial charge in [-0.1, -0.05) is 18.2 Å². The molecule has 2 heterocycles. The molecule has 1 aromatic carbocycles. The molecular formula is C16H17N3O3. The molecule has 1 aromatic heterocycles. The fraction of sp³-hybridized carbons (Fsp3) is 0.312. The molecule has 6 heteroatoms. The quantitative estimate of drug-likeness (QED) is 0.861. The van der Waals surface area contributed by atoms with E-state index < -0.39 is 0 Å². The van der Waals surface area contributed by atoms with E-state index in [2.05, 4.69) is 5.10 Å². The van der Waals surface area contributed by atoms with Crippen LogP contribution in [0.15, 0.2) is 41.2 Å². The van der Waals surface area contributed by atoms with Gasteiger partial charge in [-0.05, 0) is 25.0 Å². The van der Waals surface area contributed by atoms with Crippen molar-refractivity contribution in [2.45, 2.75) is 12.8 Å². The molecule has 22 heavy (non-hydrogen) atoms. The van der Waals surface area contributed by atoms with Crippen LogP contribution in [-0.4, -0.2) is 40.8 Å². The maximum atomic E-state index is 12.6. The minimum Gasteiger partial charge on any atom is -0.494 e. The van der Waals surface area contributed by atoms with Crippen molar-refractivity contribution in [3.8, 4) is 11.4 Å². The Kier molecular flexibility index (Phi) is 3.91. The van der Waals surface area contributed by atoms with Gasteiger partial charge in [0.2, 0.25) is 0 Å². The molecule has 0 bridgehead atoms. The number of hydrogen-bond donors (Lipinski definition) is 0. The third kappa shape index (κ3) is 2.59. The van der Waals surface area contributed by atoms with Crippen molar-refractivity contribution in [1.29, 1.82) is 0 Å². The summed E-state index contributed by atoms with van der Waals surface area (Å²) in [5, 5.41) is 4.25. The first-order valence-electron chi connectivity index (χ1n) is 7.24. The van der Waals surface area contributed by atoms with Crippen LogP contribution in [0.2, 0.25) is 0 Å². The van der Waals surface area contributed by atoms with Crippen LogP contribution in [0.3, 0.4) is 0 Å². The molecule has 1 aliphatic rings. The summed E-state index contributed by atoms with van der Waals surface area (Å²) in [5.74, 6) is 0.0214. The number of aromatic nitrogens is 2. The number of rotatable bonds is 3. The average molecular weight is 299 g/mol. The molecule has 1 saturated heterocycles. The smallest absolute Gasteiger partial charge is 0.278 e. The lowest BCUT2D eigenvalue weighted by atomic mass is 10.3. The van der Waals surface area contributed by atoms with E-state index in [-0.39, 0.29) is 22.9 Å². The maximum Gasteiger partial charge on any atom is 0.278 e. The predicted octanol–water partition coefficient (Wildman–Crippen LogP) is 1.48. The van der Waals surface area contributed by atoms with Gasteiger partial charge in [-0.25, -0.2) is 0 Å². The second kappa shape index (κ2) is 6.01. The largest absolute Gasteiger partial charge is 0.494 e. The van der Waals surface area contributed by atoms with Gasteiger partial charge in [0.1, 0.15) is 0 Å². The molecule has 3 rings (SSSR count). The first kappa shape index (κ1) is 14.3. The molecule has 114 valence electrons. The Bertz CT molecular complexity index is 734. The van der Waals surface area contributed by atoms with E-state index in [1.807, 2.05) is 18.2 Å². The molecule has 0 saturated carbocycles. The third-order valence-corrected chi connectivity index (χ3v) is 3.71. The lowest BCUT2D eigenvalue weighted by molar-refractivity contribution is 0.0781. The normalized spacial score (nSPS) is 14.1. The van der Waals surface area contributed by atoms with Crippen LogP contribution < -0.4 is 10.3 Å². The highest BCUT2D eigenvalue weighted by Crippen LogP contribution is 2.19. The summed E-state index contributed by atoms with van der Waals surface area (Å²) < 4.78 is 6.40. The number of benzene rings is 1. The van der Waals surface area contributed by atoms with E-state index in [0.29, 0.717) is 18.8 Å². The van der Waals surface area contributed by atoms with Crippen molar-refractivity contribution >= 4 is 5.91 Å². The first-order chi connectivity index (χ1) is 10.7. The first-order valence-corrected chi connectivity index (χ1v) is 7.24. The molecule has 0 N–H and O–H groups in total. The average Bonchev–Trinajstić information content (AvgIpc) is 3.09. The Morgan fingerprint density at radius 1 is 1.18 bits per heavy atom. The van der Waals surface area contributed by atoms with Crippen LogP contribution in [0.25, 0.3) is 5.69 Å². The van der Waals surface area contributed by atoms with E-state index in [0.717, 1.165) is 12.8 Å². The topological polar surface area (TPSA) is 64.4 Å². The number of carbonyl (C=O) groups is 1. The van der Waals surface area contributed by atoms with Gasteiger partial charge < -0.3 is 9.64 Å². The molecule has 0 aliphatic carbocycles. The van der Waals surface area contributed by atoms with Crippen LogP contribution in [0.1, 0.15) is 23.3 Å². The zero-order valence-electron chi connectivity index (χ0n) is 12.4. The minimum atomic E-state index is -0.332. The lowest BCUT2D eigenvalue weighted by Gasteiger charge is -2.17. The summed E-state index contributed by atoms with van der Waals surface area (Å²) in [6.07, 6.45) is 1.98. The van der Waals surface area contributed by atoms with Gasteiger partial charge in [0.05, 0.1) is 18.9 Å². The van der Waals surface area contributed by atoms with Crippen LogP contribution in [0, 0.1) is 0 Å². The molecular weight excluding hydrogens is 282 g/mol. The Hall–Kier alpha value is -2.63. The predicted molar refractivity (Wildman–Crippen MR) is 81.5 cm³/mol. The summed E-state index contributed by atoms with van der Waals surface area (Å²) in [6.45, 7) is 1.43. The second-order valence-corrected chi connectivity index (χ2v) is 5.15. The van der Waals surface area contributed by atoms with Crippen LogP contribution in [0.4, 0.5) is 0 Å². The van der Waals surface area contributed by atoms with Crippen molar-refractivity contribution in [2.24, 2.45) is 0 Å². The molecule has 6 nitrogen and oxygen atoms in total. The maximum absolute atomic E-state index is 12.6. The number of amides is 1. The van der Waals surface area contributed by atoms with Gasteiger partial charge in [0, 0.05) is 13.1 Å². The van der Waals surface area contributed by atoms with E-state index >= 15 is 0 Å². The van der Waals surface area contributed by atoms with Gasteiger partial charge >= 0.3 is 0 Å². The van der Waals surface area contributed by atoms with Crippen LogP contribution in [0.5, 0.6) is 5.75 Å². The molecule has 0 spiro atoms. The number of carbonyl (C=O) groups excluding carboxylic acids is 1. The second-order valence-electron chi connectivity index (χ2n) is 5.15. The number of methoxy groups -OCH3 is 1. The Balaban J connectivity index is 2.08.